The highest BCUT2D eigenvalue weighted by atomic mass is 16.2. The Labute approximate surface area is 157 Å². The zero-order valence-electron chi connectivity index (χ0n) is 15.5. The molecule has 1 amide bonds. The molecule has 0 spiro atoms. The van der Waals surface area contributed by atoms with Crippen molar-refractivity contribution in [1.82, 2.24) is 24.6 Å². The van der Waals surface area contributed by atoms with Gasteiger partial charge in [-0.3, -0.25) is 9.48 Å². The number of nitrogen functional groups attached to an aromatic ring is 1. The van der Waals surface area contributed by atoms with E-state index < -0.39 is 0 Å². The quantitative estimate of drug-likeness (QED) is 0.853. The third-order valence-corrected chi connectivity index (χ3v) is 5.13. The van der Waals surface area contributed by atoms with Crippen molar-refractivity contribution in [2.75, 3.05) is 30.3 Å². The molecule has 1 saturated carbocycles. The summed E-state index contributed by atoms with van der Waals surface area (Å²) in [7, 11) is 1.77. The number of carbonyl (C=O) groups excluding carboxylic acids is 1. The minimum absolute atomic E-state index is 0.0954. The molecule has 9 heteroatoms. The summed E-state index contributed by atoms with van der Waals surface area (Å²) in [5, 5.41) is 13.6. The van der Waals surface area contributed by atoms with E-state index in [1.807, 2.05) is 4.90 Å². The lowest BCUT2D eigenvalue weighted by Gasteiger charge is -2.40. The van der Waals surface area contributed by atoms with Gasteiger partial charge >= 0.3 is 0 Å². The summed E-state index contributed by atoms with van der Waals surface area (Å²) >= 11 is 0. The number of carbonyl (C=O) groups is 1. The summed E-state index contributed by atoms with van der Waals surface area (Å²) in [4.78, 5) is 25.4. The van der Waals surface area contributed by atoms with E-state index in [0.29, 0.717) is 48.2 Å². The number of piperazine rings is 1. The van der Waals surface area contributed by atoms with Crippen molar-refractivity contribution in [3.05, 3.63) is 18.0 Å². The third kappa shape index (κ3) is 3.18. The maximum Gasteiger partial charge on any atom is 0.226 e. The van der Waals surface area contributed by atoms with E-state index in [1.54, 1.807) is 17.9 Å². The van der Waals surface area contributed by atoms with E-state index >= 15 is 0 Å². The molecule has 3 heterocycles. The summed E-state index contributed by atoms with van der Waals surface area (Å²) in [6.45, 7) is 4.03. The van der Waals surface area contributed by atoms with Gasteiger partial charge in [0.05, 0.1) is 23.0 Å². The van der Waals surface area contributed by atoms with Crippen molar-refractivity contribution in [3.63, 3.8) is 0 Å². The molecule has 0 aromatic carbocycles. The molecule has 4 rings (SSSR count). The predicted molar refractivity (Wildman–Crippen MR) is 99.5 cm³/mol. The number of anilines is 2. The van der Waals surface area contributed by atoms with E-state index in [1.165, 1.54) is 6.20 Å². The molecule has 1 aliphatic carbocycles. The van der Waals surface area contributed by atoms with Crippen molar-refractivity contribution < 1.29 is 4.79 Å². The Kier molecular flexibility index (Phi) is 4.18. The molecule has 2 aromatic heterocycles. The van der Waals surface area contributed by atoms with Gasteiger partial charge in [-0.05, 0) is 19.8 Å². The van der Waals surface area contributed by atoms with Crippen molar-refractivity contribution in [3.8, 4) is 17.3 Å². The normalized spacial score (nSPS) is 19.8. The van der Waals surface area contributed by atoms with Crippen LogP contribution in [0.15, 0.2) is 12.4 Å². The number of nitriles is 1. The molecule has 1 atom stereocenters. The van der Waals surface area contributed by atoms with Crippen LogP contribution in [0.3, 0.4) is 0 Å². The molecule has 0 radical (unpaired) electrons. The van der Waals surface area contributed by atoms with Crippen LogP contribution >= 0.6 is 0 Å². The average molecular weight is 366 g/mol. The Balaban J connectivity index is 1.60. The van der Waals surface area contributed by atoms with E-state index in [-0.39, 0.29) is 17.9 Å². The van der Waals surface area contributed by atoms with Crippen LogP contribution in [0.25, 0.3) is 11.3 Å². The van der Waals surface area contributed by atoms with Crippen LogP contribution in [0.5, 0.6) is 0 Å². The van der Waals surface area contributed by atoms with Crippen molar-refractivity contribution >= 4 is 17.7 Å². The second-order valence-corrected chi connectivity index (χ2v) is 7.25. The Morgan fingerprint density at radius 3 is 2.74 bits per heavy atom. The number of nitrogens with zero attached hydrogens (tertiary/aromatic N) is 7. The van der Waals surface area contributed by atoms with Crippen LogP contribution in [-0.4, -0.2) is 56.2 Å². The van der Waals surface area contributed by atoms with Gasteiger partial charge in [-0.15, -0.1) is 0 Å². The number of hydrogen-bond donors (Lipinski definition) is 1. The first kappa shape index (κ1) is 17.3. The minimum Gasteiger partial charge on any atom is -0.382 e. The topological polar surface area (TPSA) is 117 Å². The maximum absolute atomic E-state index is 12.4. The lowest BCUT2D eigenvalue weighted by atomic mass is 10.1. The zero-order chi connectivity index (χ0) is 19.1. The van der Waals surface area contributed by atoms with E-state index in [4.69, 9.17) is 5.73 Å². The van der Waals surface area contributed by atoms with E-state index in [0.717, 1.165) is 12.8 Å². The first-order valence-electron chi connectivity index (χ1n) is 9.10. The van der Waals surface area contributed by atoms with E-state index in [9.17, 15) is 10.1 Å². The highest BCUT2D eigenvalue weighted by Gasteiger charge is 2.37. The molecule has 9 nitrogen and oxygen atoms in total. The molecule has 2 aliphatic rings. The molecule has 2 fully saturated rings. The van der Waals surface area contributed by atoms with Gasteiger partial charge in [0.15, 0.2) is 5.82 Å². The summed E-state index contributed by atoms with van der Waals surface area (Å²) in [5.74, 6) is 1.36. The van der Waals surface area contributed by atoms with Gasteiger partial charge in [0, 0.05) is 44.8 Å². The molecule has 27 heavy (non-hydrogen) atoms. The van der Waals surface area contributed by atoms with Gasteiger partial charge < -0.3 is 15.5 Å². The molecule has 1 aliphatic heterocycles. The predicted octanol–water partition coefficient (Wildman–Crippen LogP) is 0.778. The first-order chi connectivity index (χ1) is 13.0. The lowest BCUT2D eigenvalue weighted by Crippen LogP contribution is -2.55. The van der Waals surface area contributed by atoms with Gasteiger partial charge in [-0.25, -0.2) is 9.97 Å². The molecule has 0 bridgehead atoms. The van der Waals surface area contributed by atoms with Crippen molar-refractivity contribution in [2.24, 2.45) is 13.0 Å². The Hall–Kier alpha value is -3.15. The Morgan fingerprint density at radius 2 is 2.15 bits per heavy atom. The standard InChI is InChI=1S/C18H22N8O/c1-11-9-25(5-6-26(11)17(27)12-3-4-12)18-21-8-13(7-19)15(22-18)14-10-24(2)23-16(14)20/h8,10-12H,3-6,9H2,1-2H3,(H2,20,23). The number of amides is 1. The SMILES string of the molecule is CC1CN(c2ncc(C#N)c(-c3cn(C)nc3N)n2)CCN1C(=O)C1CC1. The van der Waals surface area contributed by atoms with Gasteiger partial charge in [0.25, 0.3) is 0 Å². The molecule has 140 valence electrons. The van der Waals surface area contributed by atoms with Crippen LogP contribution in [-0.2, 0) is 11.8 Å². The molecule has 1 saturated heterocycles. The van der Waals surface area contributed by atoms with Gasteiger partial charge in [0.2, 0.25) is 11.9 Å². The summed E-state index contributed by atoms with van der Waals surface area (Å²) in [6, 6.07) is 2.22. The van der Waals surface area contributed by atoms with Crippen LogP contribution in [0, 0.1) is 17.2 Å². The highest BCUT2D eigenvalue weighted by molar-refractivity contribution is 5.81. The summed E-state index contributed by atoms with van der Waals surface area (Å²) in [5.41, 5.74) is 7.43. The first-order valence-corrected chi connectivity index (χ1v) is 9.10. The van der Waals surface area contributed by atoms with Crippen molar-refractivity contribution in [1.29, 1.82) is 5.26 Å². The second-order valence-electron chi connectivity index (χ2n) is 7.25. The van der Waals surface area contributed by atoms with Crippen LogP contribution < -0.4 is 10.6 Å². The van der Waals surface area contributed by atoms with Crippen molar-refractivity contribution in [2.45, 2.75) is 25.8 Å². The fraction of sp³-hybridized carbons (Fsp3) is 0.500. The highest BCUT2D eigenvalue weighted by Crippen LogP contribution is 2.33. The van der Waals surface area contributed by atoms with Gasteiger partial charge in [-0.2, -0.15) is 10.4 Å². The van der Waals surface area contributed by atoms with E-state index in [2.05, 4.69) is 33.0 Å². The number of hydrogen-bond acceptors (Lipinski definition) is 7. The fourth-order valence-corrected chi connectivity index (χ4v) is 3.53. The second kappa shape index (κ2) is 6.54. The number of aryl methyl sites for hydroxylation is 1. The maximum atomic E-state index is 12.4. The third-order valence-electron chi connectivity index (χ3n) is 5.13. The number of rotatable bonds is 3. The molecular weight excluding hydrogens is 344 g/mol. The smallest absolute Gasteiger partial charge is 0.226 e. The average Bonchev–Trinajstić information content (AvgIpc) is 3.45. The summed E-state index contributed by atoms with van der Waals surface area (Å²) in [6.07, 6.45) is 5.30. The van der Waals surface area contributed by atoms with Gasteiger partial charge in [0.1, 0.15) is 6.07 Å². The molecule has 2 N–H and O–H groups in total. The molecule has 1 unspecified atom stereocenters. The number of nitrogens with two attached hydrogens (primary N) is 1. The van der Waals surface area contributed by atoms with Crippen LogP contribution in [0.1, 0.15) is 25.3 Å². The Morgan fingerprint density at radius 1 is 1.37 bits per heavy atom. The van der Waals surface area contributed by atoms with Gasteiger partial charge in [-0.1, -0.05) is 0 Å². The molecule has 2 aromatic rings. The largest absolute Gasteiger partial charge is 0.382 e. The molecular formula is C18H22N8O. The lowest BCUT2D eigenvalue weighted by molar-refractivity contribution is -0.134. The van der Waals surface area contributed by atoms with Crippen LogP contribution in [0.2, 0.25) is 0 Å². The fourth-order valence-electron chi connectivity index (χ4n) is 3.53. The summed E-state index contributed by atoms with van der Waals surface area (Å²) < 4.78 is 1.60. The van der Waals surface area contributed by atoms with Crippen LogP contribution in [0.4, 0.5) is 11.8 Å². The monoisotopic (exact) mass is 366 g/mol. The minimum atomic E-state index is 0.0954. The number of aromatic nitrogens is 4. The zero-order valence-corrected chi connectivity index (χ0v) is 15.5. The Bertz CT molecular complexity index is 926.